The Morgan fingerprint density at radius 2 is 1.00 bits per heavy atom. The van der Waals surface area contributed by atoms with Crippen molar-refractivity contribution in [3.8, 4) is 0 Å². The van der Waals surface area contributed by atoms with E-state index in [1.807, 2.05) is 0 Å². The van der Waals surface area contributed by atoms with E-state index in [9.17, 15) is 35.4 Å². The third-order valence-corrected chi connectivity index (χ3v) is 9.95. The first-order valence-corrected chi connectivity index (χ1v) is 20.0. The van der Waals surface area contributed by atoms with Gasteiger partial charge in [-0.25, -0.2) is 0 Å². The highest BCUT2D eigenvalue weighted by molar-refractivity contribution is 5.69. The topological polar surface area (TPSA) is 185 Å². The van der Waals surface area contributed by atoms with Gasteiger partial charge in [-0.3, -0.25) is 4.79 Å². The molecule has 296 valence electrons. The van der Waals surface area contributed by atoms with Gasteiger partial charge in [0.2, 0.25) is 0 Å². The maximum absolute atomic E-state index is 12.4. The van der Waals surface area contributed by atoms with Crippen LogP contribution in [0.25, 0.3) is 0 Å². The number of ether oxygens (including phenoxy) is 5. The molecule has 0 spiro atoms. The molecule has 2 heterocycles. The Morgan fingerprint density at radius 1 is 0.540 bits per heavy atom. The zero-order chi connectivity index (χ0) is 36.6. The quantitative estimate of drug-likeness (QED) is 0.0459. The van der Waals surface area contributed by atoms with Gasteiger partial charge in [0.15, 0.2) is 12.6 Å². The highest BCUT2D eigenvalue weighted by Gasteiger charge is 2.51. The third-order valence-electron chi connectivity index (χ3n) is 9.95. The molecule has 50 heavy (non-hydrogen) atoms. The second kappa shape index (κ2) is 27.6. The molecule has 2 saturated heterocycles. The van der Waals surface area contributed by atoms with Crippen molar-refractivity contribution in [2.75, 3.05) is 19.8 Å². The standard InChI is InChI=1S/C38H72O12/c1-3-5-7-9-11-13-15-16-18-20-22-24-30(40)47-27-29-31(41)32(42)34(44)38(49-29)50-36-28(26-39)48-37(35(45)33(36)43)46-25-23-21-19-17-14-12-10-8-6-4-2/h28-29,31-39,41-45H,3-27H2,1-2H3/t28-,29-,31-,32+,33-,34-,35-,36-,37-,38-/m1/s1. The minimum atomic E-state index is -1.73. The average molecular weight is 721 g/mol. The highest BCUT2D eigenvalue weighted by Crippen LogP contribution is 2.30. The van der Waals surface area contributed by atoms with Crippen LogP contribution in [0.4, 0.5) is 0 Å². The van der Waals surface area contributed by atoms with E-state index in [1.165, 1.54) is 89.9 Å². The summed E-state index contributed by atoms with van der Waals surface area (Å²) in [5.41, 5.74) is 0. The molecule has 12 nitrogen and oxygen atoms in total. The zero-order valence-corrected chi connectivity index (χ0v) is 31.1. The fourth-order valence-corrected chi connectivity index (χ4v) is 6.65. The van der Waals surface area contributed by atoms with Gasteiger partial charge < -0.3 is 54.3 Å². The van der Waals surface area contributed by atoms with Crippen molar-refractivity contribution in [3.63, 3.8) is 0 Å². The third kappa shape index (κ3) is 17.3. The molecular formula is C38H72O12. The minimum Gasteiger partial charge on any atom is -0.463 e. The second-order valence-corrected chi connectivity index (χ2v) is 14.3. The van der Waals surface area contributed by atoms with Gasteiger partial charge in [0.05, 0.1) is 6.61 Å². The predicted molar refractivity (Wildman–Crippen MR) is 189 cm³/mol. The molecule has 2 fully saturated rings. The lowest BCUT2D eigenvalue weighted by atomic mass is 9.97. The maximum Gasteiger partial charge on any atom is 0.305 e. The fourth-order valence-electron chi connectivity index (χ4n) is 6.65. The van der Waals surface area contributed by atoms with Crippen molar-refractivity contribution in [2.24, 2.45) is 0 Å². The van der Waals surface area contributed by atoms with Gasteiger partial charge >= 0.3 is 5.97 Å². The smallest absolute Gasteiger partial charge is 0.305 e. The van der Waals surface area contributed by atoms with Gasteiger partial charge in [-0.15, -0.1) is 0 Å². The van der Waals surface area contributed by atoms with Crippen molar-refractivity contribution in [3.05, 3.63) is 0 Å². The van der Waals surface area contributed by atoms with Crippen LogP contribution in [-0.4, -0.2) is 118 Å². The van der Waals surface area contributed by atoms with E-state index in [2.05, 4.69) is 13.8 Å². The largest absolute Gasteiger partial charge is 0.463 e. The normalized spacial score (nSPS) is 30.1. The number of carbonyl (C=O) groups is 1. The first-order valence-electron chi connectivity index (χ1n) is 20.0. The lowest BCUT2D eigenvalue weighted by Gasteiger charge is -2.46. The summed E-state index contributed by atoms with van der Waals surface area (Å²) >= 11 is 0. The molecular weight excluding hydrogens is 648 g/mol. The van der Waals surface area contributed by atoms with Crippen LogP contribution in [0.15, 0.2) is 0 Å². The summed E-state index contributed by atoms with van der Waals surface area (Å²) in [7, 11) is 0. The Hall–Kier alpha value is -0.930. The van der Waals surface area contributed by atoms with E-state index in [-0.39, 0.29) is 13.0 Å². The SMILES string of the molecule is CCCCCCCCCCCCCC(=O)OC[C@H]1O[C@H](O[C@H]2[C@H](O)[C@@H](O)[C@H](OCCCCCCCCCCCC)O[C@@H]2CO)[C@H](O)[C@@H](O)[C@@H]1O. The van der Waals surface area contributed by atoms with Crippen LogP contribution in [0.3, 0.4) is 0 Å². The summed E-state index contributed by atoms with van der Waals surface area (Å²) < 4.78 is 28.2. The van der Waals surface area contributed by atoms with Gasteiger partial charge in [0, 0.05) is 13.0 Å². The number of unbranched alkanes of at least 4 members (excludes halogenated alkanes) is 19. The van der Waals surface area contributed by atoms with E-state index >= 15 is 0 Å². The van der Waals surface area contributed by atoms with Crippen molar-refractivity contribution in [2.45, 2.75) is 217 Å². The number of aliphatic hydroxyl groups excluding tert-OH is 6. The molecule has 0 aromatic rings. The van der Waals surface area contributed by atoms with Crippen LogP contribution in [0, 0.1) is 0 Å². The molecule has 0 bridgehead atoms. The Balaban J connectivity index is 1.71. The summed E-state index contributed by atoms with van der Waals surface area (Å²) in [6.45, 7) is 3.76. The van der Waals surface area contributed by atoms with Crippen molar-refractivity contribution in [1.29, 1.82) is 0 Å². The predicted octanol–water partition coefficient (Wildman–Crippen LogP) is 4.80. The van der Waals surface area contributed by atoms with Gasteiger partial charge in [-0.05, 0) is 12.8 Å². The molecule has 6 N–H and O–H groups in total. The molecule has 0 radical (unpaired) electrons. The molecule has 0 aliphatic carbocycles. The van der Waals surface area contributed by atoms with Crippen LogP contribution in [0.5, 0.6) is 0 Å². The van der Waals surface area contributed by atoms with E-state index in [1.54, 1.807) is 0 Å². The molecule has 2 aliphatic rings. The number of rotatable bonds is 29. The second-order valence-electron chi connectivity index (χ2n) is 14.3. The van der Waals surface area contributed by atoms with Crippen LogP contribution < -0.4 is 0 Å². The molecule has 2 aliphatic heterocycles. The Labute approximate surface area is 301 Å². The Kier molecular flexibility index (Phi) is 25.0. The van der Waals surface area contributed by atoms with Gasteiger partial charge in [-0.2, -0.15) is 0 Å². The van der Waals surface area contributed by atoms with Crippen molar-refractivity contribution < 1.29 is 59.1 Å². The van der Waals surface area contributed by atoms with Crippen LogP contribution in [0.2, 0.25) is 0 Å². The number of aliphatic hydroxyl groups is 6. The first-order chi connectivity index (χ1) is 24.2. The Morgan fingerprint density at radius 3 is 1.52 bits per heavy atom. The van der Waals surface area contributed by atoms with E-state index in [4.69, 9.17) is 23.7 Å². The van der Waals surface area contributed by atoms with Crippen LogP contribution >= 0.6 is 0 Å². The highest BCUT2D eigenvalue weighted by atomic mass is 16.7. The zero-order valence-electron chi connectivity index (χ0n) is 31.1. The molecule has 0 unspecified atom stereocenters. The van der Waals surface area contributed by atoms with E-state index in [0.717, 1.165) is 38.5 Å². The summed E-state index contributed by atoms with van der Waals surface area (Å²) in [5.74, 6) is -0.460. The molecule has 2 rings (SSSR count). The lowest BCUT2D eigenvalue weighted by molar-refractivity contribution is -0.359. The fraction of sp³-hybridized carbons (Fsp3) is 0.974. The van der Waals surface area contributed by atoms with Crippen molar-refractivity contribution >= 4 is 5.97 Å². The minimum absolute atomic E-state index is 0.217. The lowest BCUT2D eigenvalue weighted by Crippen LogP contribution is -2.64. The van der Waals surface area contributed by atoms with Crippen molar-refractivity contribution in [1.82, 2.24) is 0 Å². The average Bonchev–Trinajstić information content (AvgIpc) is 3.11. The molecule has 0 amide bonds. The van der Waals surface area contributed by atoms with Crippen LogP contribution in [0.1, 0.15) is 155 Å². The van der Waals surface area contributed by atoms with E-state index in [0.29, 0.717) is 13.0 Å². The Bertz CT molecular complexity index is 832. The van der Waals surface area contributed by atoms with E-state index < -0.39 is 74.0 Å². The monoisotopic (exact) mass is 721 g/mol. The van der Waals surface area contributed by atoms with Gasteiger partial charge in [0.25, 0.3) is 0 Å². The van der Waals surface area contributed by atoms with Crippen LogP contribution in [-0.2, 0) is 28.5 Å². The number of hydrogen-bond donors (Lipinski definition) is 6. The molecule has 12 heteroatoms. The number of hydrogen-bond acceptors (Lipinski definition) is 12. The first kappa shape index (κ1) is 45.2. The molecule has 0 aromatic carbocycles. The summed E-state index contributed by atoms with van der Waals surface area (Å²) in [5, 5.41) is 63.2. The maximum atomic E-state index is 12.4. The number of carbonyl (C=O) groups excluding carboxylic acids is 1. The molecule has 0 saturated carbocycles. The van der Waals surface area contributed by atoms with Gasteiger partial charge in [0.1, 0.15) is 55.4 Å². The number of esters is 1. The molecule has 0 aromatic heterocycles. The van der Waals surface area contributed by atoms with Gasteiger partial charge in [-0.1, -0.05) is 136 Å². The summed E-state index contributed by atoms with van der Waals surface area (Å²) in [4.78, 5) is 12.4. The summed E-state index contributed by atoms with van der Waals surface area (Å²) in [6, 6.07) is 0. The summed E-state index contributed by atoms with van der Waals surface area (Å²) in [6.07, 6.45) is 9.94. The molecule has 10 atom stereocenters.